The third-order valence-electron chi connectivity index (χ3n) is 0.887. The minimum absolute atomic E-state index is 0.0184. The van der Waals surface area contributed by atoms with Gasteiger partial charge in [0.1, 0.15) is 0 Å². The van der Waals surface area contributed by atoms with E-state index in [0.29, 0.717) is 19.5 Å². The molecule has 0 heterocycles. The van der Waals surface area contributed by atoms with Gasteiger partial charge in [0.25, 0.3) is 0 Å². The molecule has 0 aliphatic carbocycles. The van der Waals surface area contributed by atoms with Gasteiger partial charge in [-0.3, -0.25) is 4.79 Å². The van der Waals surface area contributed by atoms with Crippen molar-refractivity contribution in [2.24, 2.45) is 5.73 Å². The Balaban J connectivity index is 3.05. The van der Waals surface area contributed by atoms with Gasteiger partial charge in [0.2, 0.25) is 5.91 Å². The van der Waals surface area contributed by atoms with Crippen molar-refractivity contribution in [1.29, 1.82) is 0 Å². The maximum absolute atomic E-state index is 10.7. The number of rotatable bonds is 5. The number of amides is 1. The molecule has 0 spiro atoms. The zero-order valence-electron chi connectivity index (χ0n) is 5.67. The predicted octanol–water partition coefficient (Wildman–Crippen LogP) is 0.0294. The van der Waals surface area contributed by atoms with Gasteiger partial charge in [-0.25, -0.2) is 0 Å². The van der Waals surface area contributed by atoms with Gasteiger partial charge in [0, 0.05) is 25.3 Å². The molecule has 0 unspecified atom stereocenters. The standard InChI is InChI=1S/C5H12N2OS2/c6-2-1-5(8)7-3-4-10-9/h9H,1-4,6H2,(H,7,8). The fraction of sp³-hybridized carbons (Fsp3) is 0.800. The normalized spacial score (nSPS) is 9.40. The number of carbonyl (C=O) groups is 1. The van der Waals surface area contributed by atoms with E-state index in [-0.39, 0.29) is 5.91 Å². The number of hydrogen-bond donors (Lipinski definition) is 3. The van der Waals surface area contributed by atoms with Crippen molar-refractivity contribution < 1.29 is 4.79 Å². The van der Waals surface area contributed by atoms with Crippen LogP contribution in [0.1, 0.15) is 6.42 Å². The third kappa shape index (κ3) is 6.25. The Morgan fingerprint density at radius 3 is 2.90 bits per heavy atom. The van der Waals surface area contributed by atoms with E-state index in [4.69, 9.17) is 5.73 Å². The van der Waals surface area contributed by atoms with Crippen LogP contribution in [0.2, 0.25) is 0 Å². The summed E-state index contributed by atoms with van der Waals surface area (Å²) >= 11 is 3.92. The molecule has 0 aliphatic rings. The van der Waals surface area contributed by atoms with E-state index in [9.17, 15) is 4.79 Å². The van der Waals surface area contributed by atoms with Gasteiger partial charge in [0.05, 0.1) is 0 Å². The molecule has 0 aliphatic heterocycles. The van der Waals surface area contributed by atoms with Crippen molar-refractivity contribution in [3.05, 3.63) is 0 Å². The highest BCUT2D eigenvalue weighted by molar-refractivity contribution is 8.68. The van der Waals surface area contributed by atoms with Gasteiger partial charge in [-0.15, -0.1) is 11.7 Å². The van der Waals surface area contributed by atoms with Crippen LogP contribution in [0, 0.1) is 0 Å². The monoisotopic (exact) mass is 180 g/mol. The summed E-state index contributed by atoms with van der Waals surface area (Å²) in [5.41, 5.74) is 5.15. The summed E-state index contributed by atoms with van der Waals surface area (Å²) in [6.07, 6.45) is 0.414. The highest BCUT2D eigenvalue weighted by Crippen LogP contribution is 2.01. The lowest BCUT2D eigenvalue weighted by Crippen LogP contribution is -2.27. The third-order valence-corrected chi connectivity index (χ3v) is 1.82. The maximum atomic E-state index is 10.7. The summed E-state index contributed by atoms with van der Waals surface area (Å²) < 4.78 is 0. The molecule has 0 bridgehead atoms. The SMILES string of the molecule is NCCC(=O)NCCSS. The molecular formula is C5H12N2OS2. The molecule has 1 amide bonds. The smallest absolute Gasteiger partial charge is 0.221 e. The molecule has 5 heteroatoms. The van der Waals surface area contributed by atoms with Crippen molar-refractivity contribution in [3.8, 4) is 0 Å². The number of nitrogens with one attached hydrogen (secondary N) is 1. The van der Waals surface area contributed by atoms with E-state index in [1.807, 2.05) is 0 Å². The van der Waals surface area contributed by atoms with Gasteiger partial charge < -0.3 is 11.1 Å². The number of hydrogen-bond acceptors (Lipinski definition) is 4. The van der Waals surface area contributed by atoms with E-state index in [2.05, 4.69) is 17.0 Å². The topological polar surface area (TPSA) is 55.1 Å². The quantitative estimate of drug-likeness (QED) is 0.318. The first kappa shape index (κ1) is 10.1. The van der Waals surface area contributed by atoms with Crippen LogP contribution >= 0.6 is 22.5 Å². The molecule has 0 fully saturated rings. The minimum Gasteiger partial charge on any atom is -0.355 e. The lowest BCUT2D eigenvalue weighted by molar-refractivity contribution is -0.120. The second-order valence-corrected chi connectivity index (χ2v) is 3.16. The van der Waals surface area contributed by atoms with Crippen LogP contribution in [-0.4, -0.2) is 24.7 Å². The van der Waals surface area contributed by atoms with Crippen LogP contribution in [-0.2, 0) is 4.79 Å². The molecule has 60 valence electrons. The Labute approximate surface area is 69.9 Å². The van der Waals surface area contributed by atoms with E-state index in [1.165, 1.54) is 10.8 Å². The first-order chi connectivity index (χ1) is 4.81. The Kier molecular flexibility index (Phi) is 7.33. The molecule has 0 saturated heterocycles. The Hall–Kier alpha value is 0.130. The predicted molar refractivity (Wildman–Crippen MR) is 48.1 cm³/mol. The Morgan fingerprint density at radius 1 is 1.70 bits per heavy atom. The summed E-state index contributed by atoms with van der Waals surface area (Å²) in [5, 5.41) is 2.70. The van der Waals surface area contributed by atoms with Gasteiger partial charge in [-0.2, -0.15) is 0 Å². The molecular weight excluding hydrogens is 168 g/mol. The van der Waals surface area contributed by atoms with Crippen molar-refractivity contribution in [2.75, 3.05) is 18.8 Å². The van der Waals surface area contributed by atoms with Crippen LogP contribution in [0.3, 0.4) is 0 Å². The summed E-state index contributed by atoms with van der Waals surface area (Å²) in [6, 6.07) is 0. The van der Waals surface area contributed by atoms with Gasteiger partial charge in [-0.05, 0) is 0 Å². The van der Waals surface area contributed by atoms with Crippen molar-refractivity contribution in [1.82, 2.24) is 5.32 Å². The lowest BCUT2D eigenvalue weighted by Gasteiger charge is -2.00. The van der Waals surface area contributed by atoms with E-state index in [1.54, 1.807) is 0 Å². The largest absolute Gasteiger partial charge is 0.355 e. The zero-order valence-corrected chi connectivity index (χ0v) is 7.38. The van der Waals surface area contributed by atoms with Gasteiger partial charge in [0.15, 0.2) is 0 Å². The molecule has 0 saturated carbocycles. The zero-order chi connectivity index (χ0) is 7.82. The van der Waals surface area contributed by atoms with Crippen LogP contribution in [0.5, 0.6) is 0 Å². The van der Waals surface area contributed by atoms with E-state index < -0.39 is 0 Å². The number of thiol groups is 1. The minimum atomic E-state index is 0.0184. The first-order valence-electron chi connectivity index (χ1n) is 3.04. The summed E-state index contributed by atoms with van der Waals surface area (Å²) in [4.78, 5) is 10.7. The molecule has 0 aromatic rings. The van der Waals surface area contributed by atoms with Crippen molar-refractivity contribution >= 4 is 28.4 Å². The molecule has 10 heavy (non-hydrogen) atoms. The summed E-state index contributed by atoms with van der Waals surface area (Å²) in [5.74, 6) is 0.851. The second kappa shape index (κ2) is 7.24. The number of nitrogens with two attached hydrogens (primary N) is 1. The Morgan fingerprint density at radius 2 is 2.40 bits per heavy atom. The lowest BCUT2D eigenvalue weighted by atomic mass is 10.4. The first-order valence-corrected chi connectivity index (χ1v) is 5.08. The molecule has 0 aromatic carbocycles. The summed E-state index contributed by atoms with van der Waals surface area (Å²) in [7, 11) is 1.41. The van der Waals surface area contributed by atoms with Gasteiger partial charge in [-0.1, -0.05) is 10.8 Å². The molecule has 0 atom stereocenters. The van der Waals surface area contributed by atoms with Crippen LogP contribution in [0.4, 0.5) is 0 Å². The van der Waals surface area contributed by atoms with E-state index in [0.717, 1.165) is 5.75 Å². The Bertz CT molecular complexity index is 99.6. The highest BCUT2D eigenvalue weighted by Gasteiger charge is 1.95. The van der Waals surface area contributed by atoms with Crippen LogP contribution < -0.4 is 11.1 Å². The van der Waals surface area contributed by atoms with Crippen molar-refractivity contribution in [2.45, 2.75) is 6.42 Å². The van der Waals surface area contributed by atoms with E-state index >= 15 is 0 Å². The molecule has 3 N–H and O–H groups in total. The molecule has 0 radical (unpaired) electrons. The maximum Gasteiger partial charge on any atom is 0.221 e. The summed E-state index contributed by atoms with van der Waals surface area (Å²) in [6.45, 7) is 1.09. The number of carbonyl (C=O) groups excluding carboxylic acids is 1. The van der Waals surface area contributed by atoms with Gasteiger partial charge >= 0.3 is 0 Å². The average Bonchev–Trinajstić information content (AvgIpc) is 1.89. The van der Waals surface area contributed by atoms with Crippen LogP contribution in [0.15, 0.2) is 0 Å². The second-order valence-electron chi connectivity index (χ2n) is 1.72. The molecule has 0 rings (SSSR count). The molecule has 3 nitrogen and oxygen atoms in total. The van der Waals surface area contributed by atoms with Crippen molar-refractivity contribution in [3.63, 3.8) is 0 Å². The highest BCUT2D eigenvalue weighted by atomic mass is 33.1. The molecule has 0 aromatic heterocycles. The fourth-order valence-electron chi connectivity index (χ4n) is 0.456. The fourth-order valence-corrected chi connectivity index (χ4v) is 0.923. The van der Waals surface area contributed by atoms with Crippen LogP contribution in [0.25, 0.3) is 0 Å². The average molecular weight is 180 g/mol.